The van der Waals surface area contributed by atoms with Crippen molar-refractivity contribution in [2.75, 3.05) is 13.1 Å². The Balaban J connectivity index is 0.00000196. The van der Waals surface area contributed by atoms with Gasteiger partial charge in [0, 0.05) is 18.4 Å². The molecular formula is C20H23ClINO2S. The summed E-state index contributed by atoms with van der Waals surface area (Å²) in [6.45, 7) is 1.81. The van der Waals surface area contributed by atoms with Crippen LogP contribution in [0.4, 0.5) is 0 Å². The Morgan fingerprint density at radius 3 is 2.35 bits per heavy atom. The molecule has 0 saturated carbocycles. The first-order chi connectivity index (χ1) is 12.1. The zero-order valence-corrected chi connectivity index (χ0v) is 18.2. The molecule has 0 amide bonds. The number of ketones is 1. The van der Waals surface area contributed by atoms with Crippen LogP contribution in [0.5, 0.6) is 0 Å². The van der Waals surface area contributed by atoms with E-state index in [1.165, 1.54) is 14.0 Å². The Labute approximate surface area is 178 Å². The first kappa shape index (κ1) is 20.3. The van der Waals surface area contributed by atoms with Crippen molar-refractivity contribution in [1.29, 1.82) is 0 Å². The predicted molar refractivity (Wildman–Crippen MR) is 117 cm³/mol. The largest absolute Gasteiger partial charge is 0.391 e. The minimum absolute atomic E-state index is 0. The van der Waals surface area contributed by atoms with Crippen LogP contribution >= 0.6 is 46.3 Å². The van der Waals surface area contributed by atoms with Gasteiger partial charge in [-0.15, -0.1) is 23.7 Å². The minimum Gasteiger partial charge on any atom is -0.391 e. The molecule has 2 aromatic rings. The van der Waals surface area contributed by atoms with Gasteiger partial charge in [0.2, 0.25) is 0 Å². The molecule has 1 aromatic heterocycles. The second-order valence-corrected chi connectivity index (χ2v) is 10.1. The average Bonchev–Trinajstić information content (AvgIpc) is 3.07. The van der Waals surface area contributed by atoms with Crippen molar-refractivity contribution in [3.05, 3.63) is 55.3 Å². The number of thiophene rings is 1. The molecule has 0 unspecified atom stereocenters. The van der Waals surface area contributed by atoms with E-state index in [4.69, 9.17) is 0 Å². The number of rotatable bonds is 3. The molecule has 1 N–H and O–H groups in total. The van der Waals surface area contributed by atoms with Gasteiger partial charge >= 0.3 is 0 Å². The number of likely N-dealkylation sites (tertiary alicyclic amines) is 1. The SMILES string of the molecule is Cl.O=C(c1ccc(I)s1)C1CCN([C@@H]2Cc3ccccc3C[C@H]2O)CC1. The molecule has 4 rings (SSSR count). The van der Waals surface area contributed by atoms with Crippen molar-refractivity contribution in [2.24, 2.45) is 5.92 Å². The number of aliphatic hydroxyl groups is 1. The van der Waals surface area contributed by atoms with E-state index in [9.17, 15) is 9.90 Å². The van der Waals surface area contributed by atoms with Gasteiger partial charge in [-0.05, 0) is 78.2 Å². The van der Waals surface area contributed by atoms with E-state index in [1.807, 2.05) is 12.1 Å². The van der Waals surface area contributed by atoms with Gasteiger partial charge < -0.3 is 5.11 Å². The summed E-state index contributed by atoms with van der Waals surface area (Å²) in [4.78, 5) is 16.0. The molecule has 0 radical (unpaired) electrons. The van der Waals surface area contributed by atoms with E-state index < -0.39 is 0 Å². The number of carbonyl (C=O) groups is 1. The molecule has 26 heavy (non-hydrogen) atoms. The van der Waals surface area contributed by atoms with Gasteiger partial charge in [-0.2, -0.15) is 0 Å². The summed E-state index contributed by atoms with van der Waals surface area (Å²) in [5.74, 6) is 0.445. The highest BCUT2D eigenvalue weighted by Crippen LogP contribution is 2.30. The smallest absolute Gasteiger partial charge is 0.175 e. The van der Waals surface area contributed by atoms with Gasteiger partial charge in [-0.3, -0.25) is 9.69 Å². The molecule has 1 aliphatic heterocycles. The summed E-state index contributed by atoms with van der Waals surface area (Å²) in [5, 5.41) is 10.6. The second-order valence-electron chi connectivity index (χ2n) is 7.09. The van der Waals surface area contributed by atoms with Crippen LogP contribution in [0.25, 0.3) is 0 Å². The summed E-state index contributed by atoms with van der Waals surface area (Å²) in [6.07, 6.45) is 3.16. The first-order valence-electron chi connectivity index (χ1n) is 8.90. The van der Waals surface area contributed by atoms with Gasteiger partial charge in [0.15, 0.2) is 5.78 Å². The zero-order chi connectivity index (χ0) is 17.4. The van der Waals surface area contributed by atoms with Crippen molar-refractivity contribution in [1.82, 2.24) is 4.90 Å². The average molecular weight is 504 g/mol. The van der Waals surface area contributed by atoms with E-state index >= 15 is 0 Å². The van der Waals surface area contributed by atoms with E-state index in [-0.39, 0.29) is 30.5 Å². The lowest BCUT2D eigenvalue weighted by Gasteiger charge is -2.41. The van der Waals surface area contributed by atoms with E-state index in [2.05, 4.69) is 51.8 Å². The first-order valence-corrected chi connectivity index (χ1v) is 10.8. The third-order valence-corrected chi connectivity index (χ3v) is 7.51. The molecular weight excluding hydrogens is 481 g/mol. The number of piperidine rings is 1. The Kier molecular flexibility index (Phi) is 6.78. The van der Waals surface area contributed by atoms with Gasteiger partial charge in [-0.25, -0.2) is 0 Å². The molecule has 6 heteroatoms. The molecule has 2 heterocycles. The normalized spacial score (nSPS) is 23.9. The Hall–Kier alpha value is -0.470. The zero-order valence-electron chi connectivity index (χ0n) is 14.4. The summed E-state index contributed by atoms with van der Waals surface area (Å²) in [6, 6.07) is 12.6. The highest BCUT2D eigenvalue weighted by Gasteiger charge is 2.35. The van der Waals surface area contributed by atoms with Crippen molar-refractivity contribution < 1.29 is 9.90 Å². The highest BCUT2D eigenvalue weighted by atomic mass is 127. The minimum atomic E-state index is -0.305. The van der Waals surface area contributed by atoms with Gasteiger partial charge in [0.25, 0.3) is 0 Å². The topological polar surface area (TPSA) is 40.5 Å². The molecule has 1 saturated heterocycles. The lowest BCUT2D eigenvalue weighted by Crippen LogP contribution is -2.51. The monoisotopic (exact) mass is 503 g/mol. The van der Waals surface area contributed by atoms with Crippen molar-refractivity contribution in [2.45, 2.75) is 37.8 Å². The fraction of sp³-hybridized carbons (Fsp3) is 0.450. The maximum Gasteiger partial charge on any atom is 0.175 e. The van der Waals surface area contributed by atoms with E-state index in [1.54, 1.807) is 11.3 Å². The van der Waals surface area contributed by atoms with Crippen LogP contribution in [0.3, 0.4) is 0 Å². The van der Waals surface area contributed by atoms with Crippen LogP contribution in [0.2, 0.25) is 0 Å². The van der Waals surface area contributed by atoms with Gasteiger partial charge in [0.1, 0.15) is 0 Å². The van der Waals surface area contributed by atoms with Crippen LogP contribution in [0.15, 0.2) is 36.4 Å². The fourth-order valence-corrected chi connectivity index (χ4v) is 5.83. The van der Waals surface area contributed by atoms with Gasteiger partial charge in [0.05, 0.1) is 13.9 Å². The number of halogens is 2. The number of benzene rings is 1. The molecule has 3 nitrogen and oxygen atoms in total. The lowest BCUT2D eigenvalue weighted by atomic mass is 9.83. The molecule has 1 fully saturated rings. The fourth-order valence-electron chi connectivity index (χ4n) is 4.19. The standard InChI is InChI=1S/C20H22INO2S.ClH/c21-19-6-5-18(25-19)20(24)13-7-9-22(10-8-13)16-11-14-3-1-2-4-15(14)12-17(16)23;/h1-6,13,16-17,23H,7-12H2;1H/t16-,17-;/m1./s1. The number of nitrogens with zero attached hydrogens (tertiary/aromatic N) is 1. The van der Waals surface area contributed by atoms with Crippen molar-refractivity contribution in [3.63, 3.8) is 0 Å². The molecule has 0 spiro atoms. The molecule has 0 bridgehead atoms. The van der Waals surface area contributed by atoms with Crippen LogP contribution in [-0.2, 0) is 12.8 Å². The molecule has 2 aliphatic rings. The van der Waals surface area contributed by atoms with Crippen LogP contribution < -0.4 is 0 Å². The number of hydrogen-bond acceptors (Lipinski definition) is 4. The third-order valence-electron chi connectivity index (χ3n) is 5.61. The third kappa shape index (κ3) is 4.17. The van der Waals surface area contributed by atoms with E-state index in [0.29, 0.717) is 5.78 Å². The van der Waals surface area contributed by atoms with Crippen LogP contribution in [-0.4, -0.2) is 41.0 Å². The summed E-state index contributed by atoms with van der Waals surface area (Å²) < 4.78 is 1.17. The molecule has 1 aliphatic carbocycles. The summed E-state index contributed by atoms with van der Waals surface area (Å²) in [5.41, 5.74) is 2.65. The van der Waals surface area contributed by atoms with Crippen molar-refractivity contribution in [3.8, 4) is 0 Å². The number of hydrogen-bond donors (Lipinski definition) is 1. The maximum absolute atomic E-state index is 12.7. The number of fused-ring (bicyclic) bond motifs is 1. The quantitative estimate of drug-likeness (QED) is 0.504. The lowest BCUT2D eigenvalue weighted by molar-refractivity contribution is 0.0240. The van der Waals surface area contributed by atoms with Crippen molar-refractivity contribution >= 4 is 52.1 Å². The van der Waals surface area contributed by atoms with Crippen LogP contribution in [0, 0.1) is 8.80 Å². The van der Waals surface area contributed by atoms with Crippen LogP contribution in [0.1, 0.15) is 33.6 Å². The number of Topliss-reactive ketones (excluding diaryl/α,β-unsaturated/α-hetero) is 1. The number of aliphatic hydroxyl groups excluding tert-OH is 1. The number of carbonyl (C=O) groups excluding carboxylic acids is 1. The molecule has 140 valence electrons. The Bertz CT molecular complexity index is 773. The van der Waals surface area contributed by atoms with Gasteiger partial charge in [-0.1, -0.05) is 24.3 Å². The Morgan fingerprint density at radius 2 is 1.73 bits per heavy atom. The maximum atomic E-state index is 12.7. The predicted octanol–water partition coefficient (Wildman–Crippen LogP) is 4.20. The van der Waals surface area contributed by atoms with E-state index in [0.717, 1.165) is 43.6 Å². The second kappa shape index (κ2) is 8.69. The Morgan fingerprint density at radius 1 is 1.08 bits per heavy atom. The molecule has 2 atom stereocenters. The highest BCUT2D eigenvalue weighted by molar-refractivity contribution is 14.1. The summed E-state index contributed by atoms with van der Waals surface area (Å²) >= 11 is 3.86. The molecule has 1 aromatic carbocycles. The summed E-state index contributed by atoms with van der Waals surface area (Å²) in [7, 11) is 0.